The topological polar surface area (TPSA) is 16.3 Å². The van der Waals surface area contributed by atoms with Crippen LogP contribution in [0, 0.1) is 0 Å². The van der Waals surface area contributed by atoms with Crippen molar-refractivity contribution in [2.24, 2.45) is 0 Å². The number of benzene rings is 12. The number of rotatable bonds is 6. The highest BCUT2D eigenvalue weighted by Crippen LogP contribution is 2.52. The Morgan fingerprint density at radius 1 is 0.225 bits per heavy atom. The SMILES string of the molecule is c1ccc(-c2cccc(N3c4cc(-c5ccccc5)ccc4B4c5c(cccc53)-c3cccc5c3n4c3c4cccc6c4n(c53)B3c4ccc(-c5ccccc5)cc4N(c4cccc(-c5ccccc5)c4)c4cccc-6c43)c2)cc1. The molecule has 0 atom stereocenters. The maximum atomic E-state index is 2.77. The molecule has 12 aromatic carbocycles. The highest BCUT2D eigenvalue weighted by molar-refractivity contribution is 6.92. The van der Waals surface area contributed by atoms with Gasteiger partial charge in [-0.3, -0.25) is 0 Å². The maximum absolute atomic E-state index is 2.77. The predicted molar refractivity (Wildman–Crippen MR) is 338 cm³/mol. The predicted octanol–water partition coefficient (Wildman–Crippen LogP) is 16.3. The van der Waals surface area contributed by atoms with Crippen molar-refractivity contribution in [3.05, 3.63) is 279 Å². The Bertz CT molecular complexity index is 4600. The molecular weight excluding hydrogens is 966 g/mol. The molecule has 0 bridgehead atoms. The zero-order chi connectivity index (χ0) is 52.2. The van der Waals surface area contributed by atoms with Crippen LogP contribution in [0.2, 0.25) is 0 Å². The third-order valence-electron chi connectivity index (χ3n) is 17.8. The van der Waals surface area contributed by atoms with Crippen LogP contribution < -0.4 is 31.7 Å². The van der Waals surface area contributed by atoms with Crippen LogP contribution >= 0.6 is 0 Å². The Labute approximate surface area is 464 Å². The van der Waals surface area contributed by atoms with Crippen molar-refractivity contribution in [1.29, 1.82) is 0 Å². The van der Waals surface area contributed by atoms with E-state index in [-0.39, 0.29) is 13.7 Å². The molecule has 0 saturated carbocycles. The number of hydrogen-bond acceptors (Lipinski definition) is 2. The third kappa shape index (κ3) is 6.02. The Morgan fingerprint density at radius 3 is 0.963 bits per heavy atom. The standard InChI is InChI=1S/C74H46B2N4/c1-5-19-47(20-6-1)51-27-13-29-55(43-51)77-65-37-17-31-57-59-33-15-35-61-71(59)79(75(69(57)65)63-41-39-53(45-67(63)77)49-23-9-3-10-24-49)73-62-36-16-34-60-58-32-18-38-66-70(58)76(80(72(60)62)74(61)73)64-42-40-54(50-25-11-4-12-26-50)46-68(64)78(66)56-30-14-28-52(44-56)48-21-7-2-8-22-48/h1-46H. The number of aromatic nitrogens is 2. The van der Waals surface area contributed by atoms with E-state index in [2.05, 4.69) is 298 Å². The van der Waals surface area contributed by atoms with Gasteiger partial charge in [0.1, 0.15) is 0 Å². The number of hydrogen-bond donors (Lipinski definition) is 0. The van der Waals surface area contributed by atoms with Crippen LogP contribution in [0.3, 0.4) is 0 Å². The smallest absolute Gasteiger partial charge is 0.333 e. The molecule has 14 aromatic rings. The summed E-state index contributed by atoms with van der Waals surface area (Å²) in [7, 11) is 0. The molecule has 0 fully saturated rings. The summed E-state index contributed by atoms with van der Waals surface area (Å²) in [6, 6.07) is 104. The van der Waals surface area contributed by atoms with Gasteiger partial charge in [0.15, 0.2) is 0 Å². The molecule has 4 aliphatic heterocycles. The van der Waals surface area contributed by atoms with Gasteiger partial charge in [0.2, 0.25) is 0 Å². The molecule has 0 radical (unpaired) electrons. The van der Waals surface area contributed by atoms with Gasteiger partial charge in [0.25, 0.3) is 0 Å². The van der Waals surface area contributed by atoms with Crippen LogP contribution in [0.25, 0.3) is 99.6 Å². The number of fused-ring (bicyclic) bond motifs is 13. The van der Waals surface area contributed by atoms with Gasteiger partial charge >= 0.3 is 13.7 Å². The first-order chi connectivity index (χ1) is 39.7. The molecule has 0 N–H and O–H groups in total. The van der Waals surface area contributed by atoms with Crippen molar-refractivity contribution in [2.75, 3.05) is 9.80 Å². The quantitative estimate of drug-likeness (QED) is 0.154. The summed E-state index contributed by atoms with van der Waals surface area (Å²) < 4.78 is 5.54. The lowest BCUT2D eigenvalue weighted by Gasteiger charge is -2.41. The molecule has 4 nitrogen and oxygen atoms in total. The van der Waals surface area contributed by atoms with E-state index >= 15 is 0 Å². The molecule has 0 amide bonds. The van der Waals surface area contributed by atoms with E-state index < -0.39 is 0 Å². The molecule has 4 aliphatic rings. The van der Waals surface area contributed by atoms with Crippen molar-refractivity contribution in [3.8, 4) is 66.8 Å². The summed E-state index contributed by atoms with van der Waals surface area (Å²) in [6.07, 6.45) is 0. The van der Waals surface area contributed by atoms with E-state index in [0.29, 0.717) is 0 Å². The summed E-state index contributed by atoms with van der Waals surface area (Å²) in [5.41, 5.74) is 32.1. The molecule has 2 aromatic heterocycles. The van der Waals surface area contributed by atoms with Crippen LogP contribution in [0.5, 0.6) is 0 Å². The average Bonchev–Trinajstić information content (AvgIpc) is 4.22. The van der Waals surface area contributed by atoms with E-state index in [4.69, 9.17) is 0 Å². The minimum absolute atomic E-state index is 0.120. The molecule has 0 unspecified atom stereocenters. The Kier molecular flexibility index (Phi) is 9.09. The number of nitrogens with zero attached hydrogens (tertiary/aromatic N) is 4. The monoisotopic (exact) mass is 1010 g/mol. The fourth-order valence-corrected chi connectivity index (χ4v) is 14.6. The lowest BCUT2D eigenvalue weighted by atomic mass is 9.45. The first-order valence-corrected chi connectivity index (χ1v) is 27.9. The Balaban J connectivity index is 0.919. The molecule has 6 heteroatoms. The maximum Gasteiger partial charge on any atom is 0.333 e. The van der Waals surface area contributed by atoms with E-state index in [0.717, 1.165) is 11.4 Å². The van der Waals surface area contributed by atoms with Crippen molar-refractivity contribution in [3.63, 3.8) is 0 Å². The van der Waals surface area contributed by atoms with Crippen molar-refractivity contribution >= 4 is 103 Å². The Morgan fingerprint density at radius 2 is 0.562 bits per heavy atom. The lowest BCUT2D eigenvalue weighted by Crippen LogP contribution is -2.56. The highest BCUT2D eigenvalue weighted by Gasteiger charge is 2.47. The summed E-state index contributed by atoms with van der Waals surface area (Å²) >= 11 is 0. The molecule has 6 heterocycles. The van der Waals surface area contributed by atoms with Crippen LogP contribution in [-0.4, -0.2) is 22.7 Å². The molecule has 18 rings (SSSR count). The molecule has 0 aliphatic carbocycles. The molecular formula is C74H46B2N4. The van der Waals surface area contributed by atoms with Gasteiger partial charge in [-0.2, -0.15) is 0 Å². The van der Waals surface area contributed by atoms with Gasteiger partial charge in [0, 0.05) is 67.1 Å². The van der Waals surface area contributed by atoms with Crippen molar-refractivity contribution in [2.45, 2.75) is 0 Å². The van der Waals surface area contributed by atoms with Crippen LogP contribution in [0.15, 0.2) is 279 Å². The second kappa shape index (κ2) is 16.6. The largest absolute Gasteiger partial charge is 0.374 e. The minimum atomic E-state index is -0.120. The highest BCUT2D eigenvalue weighted by atomic mass is 15.2. The molecule has 368 valence electrons. The second-order valence-corrected chi connectivity index (χ2v) is 21.9. The normalized spacial score (nSPS) is 13.2. The molecule has 80 heavy (non-hydrogen) atoms. The first kappa shape index (κ1) is 43.8. The average molecular weight is 1010 g/mol. The van der Waals surface area contributed by atoms with Crippen molar-refractivity contribution < 1.29 is 0 Å². The summed E-state index contributed by atoms with van der Waals surface area (Å²) in [6.45, 7) is -0.240. The van der Waals surface area contributed by atoms with Crippen LogP contribution in [0.4, 0.5) is 34.1 Å². The fraction of sp³-hybridized carbons (Fsp3) is 0. The summed E-state index contributed by atoms with van der Waals surface area (Å²) in [5, 5.41) is 2.55. The summed E-state index contributed by atoms with van der Waals surface area (Å²) in [4.78, 5) is 5.10. The van der Waals surface area contributed by atoms with Gasteiger partial charge < -0.3 is 18.8 Å². The zero-order valence-electron chi connectivity index (χ0n) is 43.5. The van der Waals surface area contributed by atoms with Crippen LogP contribution in [-0.2, 0) is 0 Å². The van der Waals surface area contributed by atoms with Crippen LogP contribution in [0.1, 0.15) is 0 Å². The van der Waals surface area contributed by atoms with Gasteiger partial charge in [-0.15, -0.1) is 0 Å². The number of anilines is 6. The minimum Gasteiger partial charge on any atom is -0.374 e. The zero-order valence-corrected chi connectivity index (χ0v) is 43.5. The first-order valence-electron chi connectivity index (χ1n) is 27.9. The van der Waals surface area contributed by atoms with E-state index in [1.165, 1.54) is 144 Å². The Hall–Kier alpha value is -10.3. The van der Waals surface area contributed by atoms with Gasteiger partial charge in [-0.05, 0) is 126 Å². The van der Waals surface area contributed by atoms with E-state index in [1.54, 1.807) is 0 Å². The lowest BCUT2D eigenvalue weighted by molar-refractivity contribution is 1.25. The van der Waals surface area contributed by atoms with Gasteiger partial charge in [-0.25, -0.2) is 0 Å². The fourth-order valence-electron chi connectivity index (χ4n) is 14.6. The third-order valence-corrected chi connectivity index (χ3v) is 17.8. The van der Waals surface area contributed by atoms with Crippen molar-refractivity contribution in [1.82, 2.24) is 8.96 Å². The second-order valence-electron chi connectivity index (χ2n) is 21.9. The molecule has 0 saturated heterocycles. The van der Waals surface area contributed by atoms with E-state index in [1.807, 2.05) is 0 Å². The summed E-state index contributed by atoms with van der Waals surface area (Å²) in [5.74, 6) is 0. The van der Waals surface area contributed by atoms with E-state index in [9.17, 15) is 0 Å². The number of para-hydroxylation sites is 2. The molecule has 0 spiro atoms. The van der Waals surface area contributed by atoms with Gasteiger partial charge in [-0.1, -0.05) is 231 Å². The van der Waals surface area contributed by atoms with Gasteiger partial charge in [0.05, 0.1) is 11.0 Å².